The maximum Gasteiger partial charge on any atom is 0.0922 e. The lowest BCUT2D eigenvalue weighted by Crippen LogP contribution is -1.95. The molecule has 0 bridgehead atoms. The average molecular weight is 183 g/mol. The molecular weight excluding hydrogens is 172 g/mol. The minimum absolute atomic E-state index is 0.0257. The number of hydrogen-bond donors (Lipinski definition) is 1. The fourth-order valence-corrected chi connectivity index (χ4v) is 1.07. The van der Waals surface area contributed by atoms with Crippen molar-refractivity contribution in [3.63, 3.8) is 0 Å². The van der Waals surface area contributed by atoms with Gasteiger partial charge in [0.05, 0.1) is 5.76 Å². The van der Waals surface area contributed by atoms with Crippen LogP contribution in [0.3, 0.4) is 0 Å². The molecule has 1 nitrogen and oxygen atoms in total. The minimum Gasteiger partial charge on any atom is -0.512 e. The highest BCUT2D eigenvalue weighted by Crippen LogP contribution is 2.21. The molecule has 1 N–H and O–H groups in total. The highest BCUT2D eigenvalue weighted by Gasteiger charge is 2.06. The molecule has 0 aliphatic rings. The Kier molecular flexibility index (Phi) is 2.77. The summed E-state index contributed by atoms with van der Waals surface area (Å²) in [6, 6.07) is 7.37. The zero-order valence-corrected chi connectivity index (χ0v) is 7.67. The van der Waals surface area contributed by atoms with Crippen molar-refractivity contribution in [1.82, 2.24) is 0 Å². The van der Waals surface area contributed by atoms with E-state index in [0.717, 1.165) is 5.56 Å². The van der Waals surface area contributed by atoms with Crippen LogP contribution in [0.25, 0.3) is 0 Å². The van der Waals surface area contributed by atoms with Crippen LogP contribution in [0.15, 0.2) is 36.6 Å². The van der Waals surface area contributed by atoms with Crippen molar-refractivity contribution in [2.45, 2.75) is 12.8 Å². The van der Waals surface area contributed by atoms with E-state index in [-0.39, 0.29) is 11.7 Å². The highest BCUT2D eigenvalue weighted by molar-refractivity contribution is 6.30. The third kappa shape index (κ3) is 2.02. The summed E-state index contributed by atoms with van der Waals surface area (Å²) < 4.78 is 0. The van der Waals surface area contributed by atoms with E-state index in [9.17, 15) is 0 Å². The number of allylic oxidation sites excluding steroid dienone is 1. The first-order valence-electron chi connectivity index (χ1n) is 3.74. The van der Waals surface area contributed by atoms with E-state index in [1.807, 2.05) is 19.1 Å². The summed E-state index contributed by atoms with van der Waals surface area (Å²) in [7, 11) is 0. The maximum atomic E-state index is 9.12. The first kappa shape index (κ1) is 9.14. The third-order valence-electron chi connectivity index (χ3n) is 1.87. The van der Waals surface area contributed by atoms with Gasteiger partial charge >= 0.3 is 0 Å². The first-order valence-corrected chi connectivity index (χ1v) is 4.12. The summed E-state index contributed by atoms with van der Waals surface area (Å²) in [5, 5.41) is 9.82. The molecule has 0 saturated carbocycles. The summed E-state index contributed by atoms with van der Waals surface area (Å²) in [6.45, 7) is 5.37. The van der Waals surface area contributed by atoms with Crippen LogP contribution in [0.4, 0.5) is 0 Å². The van der Waals surface area contributed by atoms with Gasteiger partial charge in [0.25, 0.3) is 0 Å². The third-order valence-corrected chi connectivity index (χ3v) is 2.12. The van der Waals surface area contributed by atoms with Gasteiger partial charge in [-0.25, -0.2) is 0 Å². The molecule has 12 heavy (non-hydrogen) atoms. The molecule has 1 rings (SSSR count). The Morgan fingerprint density at radius 1 is 1.42 bits per heavy atom. The molecule has 1 atom stereocenters. The van der Waals surface area contributed by atoms with Gasteiger partial charge in [-0.3, -0.25) is 0 Å². The van der Waals surface area contributed by atoms with Crippen molar-refractivity contribution in [1.29, 1.82) is 0 Å². The number of aliphatic hydroxyl groups is 1. The second-order valence-corrected chi connectivity index (χ2v) is 3.20. The number of halogens is 1. The van der Waals surface area contributed by atoms with Crippen molar-refractivity contribution >= 4 is 11.6 Å². The van der Waals surface area contributed by atoms with Crippen LogP contribution >= 0.6 is 11.6 Å². The van der Waals surface area contributed by atoms with Gasteiger partial charge in [-0.1, -0.05) is 37.2 Å². The van der Waals surface area contributed by atoms with Crippen LogP contribution in [0.2, 0.25) is 5.02 Å². The van der Waals surface area contributed by atoms with E-state index < -0.39 is 0 Å². The Morgan fingerprint density at radius 3 is 2.33 bits per heavy atom. The van der Waals surface area contributed by atoms with Crippen LogP contribution in [-0.2, 0) is 0 Å². The van der Waals surface area contributed by atoms with Crippen molar-refractivity contribution in [3.8, 4) is 0 Å². The normalized spacial score (nSPS) is 12.5. The zero-order chi connectivity index (χ0) is 9.14. The molecule has 0 aliphatic carbocycles. The van der Waals surface area contributed by atoms with E-state index in [1.54, 1.807) is 12.1 Å². The molecule has 1 aromatic carbocycles. The van der Waals surface area contributed by atoms with Crippen LogP contribution in [0.5, 0.6) is 0 Å². The largest absolute Gasteiger partial charge is 0.512 e. The predicted molar refractivity (Wildman–Crippen MR) is 51.6 cm³/mol. The summed E-state index contributed by atoms with van der Waals surface area (Å²) in [4.78, 5) is 0. The second-order valence-electron chi connectivity index (χ2n) is 2.76. The smallest absolute Gasteiger partial charge is 0.0922 e. The average Bonchev–Trinajstić information content (AvgIpc) is 2.04. The number of aliphatic hydroxyl groups excluding tert-OH is 1. The topological polar surface area (TPSA) is 20.2 Å². The molecule has 2 heteroatoms. The molecule has 0 fully saturated rings. The molecule has 0 radical (unpaired) electrons. The monoisotopic (exact) mass is 182 g/mol. The minimum atomic E-state index is -0.0257. The molecular formula is C10H11ClO. The Labute approximate surface area is 77.3 Å². The van der Waals surface area contributed by atoms with E-state index in [2.05, 4.69) is 6.58 Å². The summed E-state index contributed by atoms with van der Waals surface area (Å²) in [5.74, 6) is 0.152. The molecule has 64 valence electrons. The van der Waals surface area contributed by atoms with Gasteiger partial charge in [-0.2, -0.15) is 0 Å². The van der Waals surface area contributed by atoms with Crippen molar-refractivity contribution in [2.24, 2.45) is 0 Å². The van der Waals surface area contributed by atoms with Crippen LogP contribution in [0.1, 0.15) is 18.4 Å². The Bertz CT molecular complexity index is 276. The first-order chi connectivity index (χ1) is 5.61. The van der Waals surface area contributed by atoms with Gasteiger partial charge in [0.1, 0.15) is 0 Å². The predicted octanol–water partition coefficient (Wildman–Crippen LogP) is 3.52. The van der Waals surface area contributed by atoms with Gasteiger partial charge in [-0.15, -0.1) is 0 Å². The van der Waals surface area contributed by atoms with E-state index in [0.29, 0.717) is 5.02 Å². The van der Waals surface area contributed by atoms with Crippen molar-refractivity contribution < 1.29 is 5.11 Å². The number of benzene rings is 1. The fourth-order valence-electron chi connectivity index (χ4n) is 0.944. The highest BCUT2D eigenvalue weighted by atomic mass is 35.5. The van der Waals surface area contributed by atoms with E-state index >= 15 is 0 Å². The molecule has 0 heterocycles. The number of hydrogen-bond acceptors (Lipinski definition) is 1. The molecule has 1 unspecified atom stereocenters. The van der Waals surface area contributed by atoms with Gasteiger partial charge < -0.3 is 5.11 Å². The van der Waals surface area contributed by atoms with E-state index in [1.165, 1.54) is 0 Å². The van der Waals surface area contributed by atoms with Gasteiger partial charge in [0.2, 0.25) is 0 Å². The Hall–Kier alpha value is -0.950. The van der Waals surface area contributed by atoms with Crippen LogP contribution in [0, 0.1) is 0 Å². The molecule has 0 amide bonds. The Morgan fingerprint density at radius 2 is 1.92 bits per heavy atom. The van der Waals surface area contributed by atoms with Crippen molar-refractivity contribution in [2.75, 3.05) is 0 Å². The lowest BCUT2D eigenvalue weighted by molar-refractivity contribution is 0.378. The van der Waals surface area contributed by atoms with Crippen LogP contribution in [-0.4, -0.2) is 5.11 Å². The zero-order valence-electron chi connectivity index (χ0n) is 6.92. The standard InChI is InChI=1S/C10H11ClO/c1-7(8(2)12)9-3-5-10(11)6-4-9/h3-7,12H,2H2,1H3. The lowest BCUT2D eigenvalue weighted by Gasteiger charge is -2.09. The molecule has 0 aromatic heterocycles. The van der Waals surface area contributed by atoms with Gasteiger partial charge in [0, 0.05) is 10.9 Å². The van der Waals surface area contributed by atoms with Gasteiger partial charge in [0.15, 0.2) is 0 Å². The van der Waals surface area contributed by atoms with Crippen LogP contribution < -0.4 is 0 Å². The summed E-state index contributed by atoms with van der Waals surface area (Å²) >= 11 is 5.71. The number of rotatable bonds is 2. The second kappa shape index (κ2) is 3.63. The Balaban J connectivity index is 2.89. The molecule has 1 aromatic rings. The molecule has 0 saturated heterocycles. The summed E-state index contributed by atoms with van der Waals surface area (Å²) in [6.07, 6.45) is 0. The SMILES string of the molecule is C=C(O)C(C)c1ccc(Cl)cc1. The van der Waals surface area contributed by atoms with Crippen molar-refractivity contribution in [3.05, 3.63) is 47.2 Å². The quantitative estimate of drug-likeness (QED) is 0.694. The summed E-state index contributed by atoms with van der Waals surface area (Å²) in [5.41, 5.74) is 1.02. The fraction of sp³-hybridized carbons (Fsp3) is 0.200. The molecule has 0 aliphatic heterocycles. The van der Waals surface area contributed by atoms with Gasteiger partial charge in [-0.05, 0) is 17.7 Å². The maximum absolute atomic E-state index is 9.12. The lowest BCUT2D eigenvalue weighted by atomic mass is 10.0. The van der Waals surface area contributed by atoms with E-state index in [4.69, 9.17) is 16.7 Å². The molecule has 0 spiro atoms.